The molecule has 1 aromatic carbocycles. The first kappa shape index (κ1) is 10.3. The fraction of sp³-hybridized carbons (Fsp3) is 0.250. The van der Waals surface area contributed by atoms with Crippen molar-refractivity contribution in [3.63, 3.8) is 0 Å². The summed E-state index contributed by atoms with van der Waals surface area (Å²) in [6.45, 7) is 1.56. The van der Waals surface area contributed by atoms with E-state index in [9.17, 15) is 5.11 Å². The largest absolute Gasteiger partial charge is 0.508 e. The molecule has 0 spiro atoms. The van der Waals surface area contributed by atoms with Crippen LogP contribution in [0.1, 0.15) is 17.0 Å². The van der Waals surface area contributed by atoms with E-state index in [1.54, 1.807) is 12.1 Å². The van der Waals surface area contributed by atoms with Gasteiger partial charge in [-0.25, -0.2) is 4.68 Å². The summed E-state index contributed by atoms with van der Waals surface area (Å²) in [7, 11) is 0. The van der Waals surface area contributed by atoms with Gasteiger partial charge in [0.2, 0.25) is 0 Å². The Balaban J connectivity index is 2.11. The zero-order valence-corrected chi connectivity index (χ0v) is 9.26. The minimum Gasteiger partial charge on any atom is -0.508 e. The van der Waals surface area contributed by atoms with Gasteiger partial charge >= 0.3 is 0 Å². The molecular weight excluding hydrogens is 218 g/mol. The number of fused-ring (bicyclic) bond motifs is 1. The molecule has 0 bridgehead atoms. The molecule has 2 aromatic rings. The summed E-state index contributed by atoms with van der Waals surface area (Å²) in [6, 6.07) is 6.91. The Bertz CT molecular complexity index is 546. The minimum absolute atomic E-state index is 0.242. The molecule has 0 saturated carbocycles. The SMILES string of the molecule is NCc1c2c(nn1-c1ccc(O)cc1)COC2. The average molecular weight is 231 g/mol. The average Bonchev–Trinajstić information content (AvgIpc) is 2.89. The number of nitrogens with two attached hydrogens (primary N) is 1. The van der Waals surface area contributed by atoms with Gasteiger partial charge in [0.05, 0.1) is 30.3 Å². The zero-order valence-electron chi connectivity index (χ0n) is 9.26. The Kier molecular flexibility index (Phi) is 2.35. The number of hydrogen-bond acceptors (Lipinski definition) is 4. The lowest BCUT2D eigenvalue weighted by Crippen LogP contribution is -2.09. The highest BCUT2D eigenvalue weighted by Gasteiger charge is 2.22. The number of aromatic hydroxyl groups is 1. The summed E-state index contributed by atoms with van der Waals surface area (Å²) in [4.78, 5) is 0. The highest BCUT2D eigenvalue weighted by molar-refractivity contribution is 5.41. The molecule has 88 valence electrons. The standard InChI is InChI=1S/C12H13N3O2/c13-5-12-10-6-17-7-11(10)14-15(12)8-1-3-9(16)4-2-8/h1-4,16H,5-7,13H2. The molecule has 5 nitrogen and oxygen atoms in total. The number of rotatable bonds is 2. The van der Waals surface area contributed by atoms with Gasteiger partial charge in [-0.15, -0.1) is 0 Å². The number of ether oxygens (including phenoxy) is 1. The van der Waals surface area contributed by atoms with Crippen LogP contribution in [0.5, 0.6) is 5.75 Å². The van der Waals surface area contributed by atoms with Crippen LogP contribution in [0, 0.1) is 0 Å². The smallest absolute Gasteiger partial charge is 0.115 e. The number of benzene rings is 1. The van der Waals surface area contributed by atoms with E-state index >= 15 is 0 Å². The number of hydrogen-bond donors (Lipinski definition) is 2. The molecule has 1 aliphatic heterocycles. The van der Waals surface area contributed by atoms with Crippen LogP contribution in [0.4, 0.5) is 0 Å². The molecular formula is C12H13N3O2. The maximum absolute atomic E-state index is 9.27. The first-order valence-electron chi connectivity index (χ1n) is 5.46. The van der Waals surface area contributed by atoms with E-state index in [1.165, 1.54) is 0 Å². The summed E-state index contributed by atoms with van der Waals surface area (Å²) < 4.78 is 7.16. The highest BCUT2D eigenvalue weighted by Crippen LogP contribution is 2.25. The maximum Gasteiger partial charge on any atom is 0.115 e. The summed E-state index contributed by atoms with van der Waals surface area (Å²) in [6.07, 6.45) is 0. The fourth-order valence-corrected chi connectivity index (χ4v) is 2.09. The van der Waals surface area contributed by atoms with Crippen LogP contribution < -0.4 is 5.73 Å². The molecule has 2 heterocycles. The highest BCUT2D eigenvalue weighted by atomic mass is 16.5. The topological polar surface area (TPSA) is 73.3 Å². The summed E-state index contributed by atoms with van der Waals surface area (Å²) in [5.41, 5.74) is 9.70. The molecule has 1 aliphatic rings. The van der Waals surface area contributed by atoms with Crippen LogP contribution in [-0.2, 0) is 24.5 Å². The minimum atomic E-state index is 0.242. The van der Waals surface area contributed by atoms with Crippen LogP contribution in [-0.4, -0.2) is 14.9 Å². The molecule has 0 aliphatic carbocycles. The Morgan fingerprint density at radius 1 is 1.29 bits per heavy atom. The van der Waals surface area contributed by atoms with E-state index in [4.69, 9.17) is 10.5 Å². The van der Waals surface area contributed by atoms with Gasteiger partial charge in [0, 0.05) is 12.1 Å². The molecule has 0 radical (unpaired) electrons. The van der Waals surface area contributed by atoms with Gasteiger partial charge in [-0.2, -0.15) is 5.10 Å². The van der Waals surface area contributed by atoms with E-state index in [1.807, 2.05) is 16.8 Å². The van der Waals surface area contributed by atoms with E-state index in [0.717, 1.165) is 22.6 Å². The lowest BCUT2D eigenvalue weighted by Gasteiger charge is -2.07. The van der Waals surface area contributed by atoms with E-state index in [-0.39, 0.29) is 5.75 Å². The number of phenolic OH excluding ortho intramolecular Hbond substituents is 1. The maximum atomic E-state index is 9.27. The van der Waals surface area contributed by atoms with Crippen molar-refractivity contribution in [3.05, 3.63) is 41.2 Å². The van der Waals surface area contributed by atoms with Gasteiger partial charge in [0.25, 0.3) is 0 Å². The number of aromatic nitrogens is 2. The predicted octanol–water partition coefficient (Wildman–Crippen LogP) is 1.07. The normalized spacial score (nSPS) is 13.9. The van der Waals surface area contributed by atoms with Crippen molar-refractivity contribution < 1.29 is 9.84 Å². The molecule has 0 unspecified atom stereocenters. The van der Waals surface area contributed by atoms with Crippen molar-refractivity contribution in [2.24, 2.45) is 5.73 Å². The number of nitrogens with zero attached hydrogens (tertiary/aromatic N) is 2. The van der Waals surface area contributed by atoms with E-state index < -0.39 is 0 Å². The van der Waals surface area contributed by atoms with Crippen molar-refractivity contribution in [1.82, 2.24) is 9.78 Å². The van der Waals surface area contributed by atoms with Crippen molar-refractivity contribution >= 4 is 0 Å². The second-order valence-corrected chi connectivity index (χ2v) is 4.00. The summed E-state index contributed by atoms with van der Waals surface area (Å²) in [5.74, 6) is 0.242. The Labute approximate surface area is 98.4 Å². The van der Waals surface area contributed by atoms with Crippen molar-refractivity contribution in [2.45, 2.75) is 19.8 Å². The van der Waals surface area contributed by atoms with Crippen LogP contribution in [0.3, 0.4) is 0 Å². The molecule has 0 fully saturated rings. The van der Waals surface area contributed by atoms with Crippen LogP contribution in [0.15, 0.2) is 24.3 Å². The van der Waals surface area contributed by atoms with Gasteiger partial charge in [-0.05, 0) is 24.3 Å². The molecule has 3 rings (SSSR count). The Morgan fingerprint density at radius 3 is 2.76 bits per heavy atom. The summed E-state index contributed by atoms with van der Waals surface area (Å²) >= 11 is 0. The molecule has 5 heteroatoms. The van der Waals surface area contributed by atoms with Gasteiger partial charge in [-0.1, -0.05) is 0 Å². The third-order valence-corrected chi connectivity index (χ3v) is 2.95. The zero-order chi connectivity index (χ0) is 11.8. The first-order valence-corrected chi connectivity index (χ1v) is 5.46. The van der Waals surface area contributed by atoms with Crippen molar-refractivity contribution in [1.29, 1.82) is 0 Å². The molecule has 1 aromatic heterocycles. The monoisotopic (exact) mass is 231 g/mol. The fourth-order valence-electron chi connectivity index (χ4n) is 2.09. The quantitative estimate of drug-likeness (QED) is 0.810. The third-order valence-electron chi connectivity index (χ3n) is 2.95. The third kappa shape index (κ3) is 1.60. The lowest BCUT2D eigenvalue weighted by molar-refractivity contribution is 0.130. The molecule has 0 saturated heterocycles. The molecule has 0 amide bonds. The second kappa shape index (κ2) is 3.87. The van der Waals surface area contributed by atoms with Crippen LogP contribution >= 0.6 is 0 Å². The van der Waals surface area contributed by atoms with E-state index in [2.05, 4.69) is 5.10 Å². The predicted molar refractivity (Wildman–Crippen MR) is 61.6 cm³/mol. The van der Waals surface area contributed by atoms with Gasteiger partial charge < -0.3 is 15.6 Å². The summed E-state index contributed by atoms with van der Waals surface area (Å²) in [5, 5.41) is 13.8. The van der Waals surface area contributed by atoms with Crippen molar-refractivity contribution in [2.75, 3.05) is 0 Å². The molecule has 3 N–H and O–H groups in total. The first-order chi connectivity index (χ1) is 8.29. The Morgan fingerprint density at radius 2 is 2.06 bits per heavy atom. The Hall–Kier alpha value is -1.85. The molecule has 17 heavy (non-hydrogen) atoms. The molecule has 0 atom stereocenters. The van der Waals surface area contributed by atoms with Gasteiger partial charge in [-0.3, -0.25) is 0 Å². The lowest BCUT2D eigenvalue weighted by atomic mass is 10.2. The van der Waals surface area contributed by atoms with Gasteiger partial charge in [0.1, 0.15) is 5.75 Å². The van der Waals surface area contributed by atoms with E-state index in [0.29, 0.717) is 19.8 Å². The second-order valence-electron chi connectivity index (χ2n) is 4.00. The van der Waals surface area contributed by atoms with Crippen molar-refractivity contribution in [3.8, 4) is 11.4 Å². The van der Waals surface area contributed by atoms with Gasteiger partial charge in [0.15, 0.2) is 0 Å². The number of phenols is 1. The van der Waals surface area contributed by atoms with Crippen LogP contribution in [0.25, 0.3) is 5.69 Å². The van der Waals surface area contributed by atoms with Crippen LogP contribution in [0.2, 0.25) is 0 Å².